The van der Waals surface area contributed by atoms with E-state index in [1.165, 1.54) is 6.26 Å². The molecule has 0 aliphatic carbocycles. The third kappa shape index (κ3) is 2.58. The second-order valence-electron chi connectivity index (χ2n) is 3.00. The molecule has 0 saturated heterocycles. The Labute approximate surface area is 83.2 Å². The Morgan fingerprint density at radius 2 is 2.36 bits per heavy atom. The Morgan fingerprint density at radius 3 is 3.00 bits per heavy atom. The lowest BCUT2D eigenvalue weighted by Gasteiger charge is -1.99. The van der Waals surface area contributed by atoms with E-state index in [1.54, 1.807) is 6.92 Å². The number of aromatic nitrogens is 1. The number of nitrogens with zero attached hydrogens (tertiary/aromatic N) is 1. The monoisotopic (exact) mass is 197 g/mol. The van der Waals surface area contributed by atoms with Crippen LogP contribution in [0.15, 0.2) is 10.8 Å². The zero-order valence-corrected chi connectivity index (χ0v) is 8.58. The number of rotatable bonds is 5. The van der Waals surface area contributed by atoms with E-state index >= 15 is 0 Å². The number of carbonyl (C=O) groups excluding carboxylic acids is 1. The van der Waals surface area contributed by atoms with Crippen LogP contribution in [-0.2, 0) is 11.2 Å². The molecular formula is C10H15NO3. The van der Waals surface area contributed by atoms with Crippen LogP contribution < -0.4 is 0 Å². The predicted octanol–water partition coefficient (Wildman–Crippen LogP) is 2.19. The lowest BCUT2D eigenvalue weighted by Crippen LogP contribution is -2.06. The molecule has 78 valence electrons. The summed E-state index contributed by atoms with van der Waals surface area (Å²) in [5.74, 6) is -0.347. The van der Waals surface area contributed by atoms with Crippen LogP contribution in [0.2, 0.25) is 0 Å². The summed E-state index contributed by atoms with van der Waals surface area (Å²) in [5.41, 5.74) is 1.16. The molecule has 0 bridgehead atoms. The quantitative estimate of drug-likeness (QED) is 0.679. The van der Waals surface area contributed by atoms with E-state index in [-0.39, 0.29) is 5.97 Å². The molecule has 0 aromatic carbocycles. The molecule has 0 fully saturated rings. The Balaban J connectivity index is 2.66. The number of hydrogen-bond donors (Lipinski definition) is 0. The molecule has 0 aliphatic heterocycles. The molecule has 4 heteroatoms. The molecule has 14 heavy (non-hydrogen) atoms. The van der Waals surface area contributed by atoms with Gasteiger partial charge in [-0.3, -0.25) is 0 Å². The summed E-state index contributed by atoms with van der Waals surface area (Å²) in [6.45, 7) is 4.23. The average molecular weight is 197 g/mol. The Kier molecular flexibility index (Phi) is 4.16. The van der Waals surface area contributed by atoms with Crippen molar-refractivity contribution in [2.24, 2.45) is 0 Å². The molecule has 1 rings (SSSR count). The van der Waals surface area contributed by atoms with Crippen LogP contribution in [0.25, 0.3) is 0 Å². The molecule has 0 unspecified atom stereocenters. The van der Waals surface area contributed by atoms with Crippen molar-refractivity contribution in [3.05, 3.63) is 17.5 Å². The number of aryl methyl sites for hydroxylation is 1. The summed E-state index contributed by atoms with van der Waals surface area (Å²) in [6.07, 6.45) is 4.18. The predicted molar refractivity (Wildman–Crippen MR) is 51.1 cm³/mol. The molecule has 0 radical (unpaired) electrons. The van der Waals surface area contributed by atoms with Gasteiger partial charge in [0.15, 0.2) is 0 Å². The summed E-state index contributed by atoms with van der Waals surface area (Å²) >= 11 is 0. The topological polar surface area (TPSA) is 52.3 Å². The minimum atomic E-state index is -0.347. The molecule has 0 aliphatic rings. The van der Waals surface area contributed by atoms with Crippen LogP contribution in [0.4, 0.5) is 0 Å². The standard InChI is InChI=1S/C10H15NO3/c1-3-5-6-9-8(7-14-11-9)10(12)13-4-2/h7H,3-6H2,1-2H3. The highest BCUT2D eigenvalue weighted by molar-refractivity contribution is 5.90. The van der Waals surface area contributed by atoms with Gasteiger partial charge in [0.25, 0.3) is 0 Å². The van der Waals surface area contributed by atoms with Crippen LogP contribution in [0.1, 0.15) is 42.7 Å². The number of carbonyl (C=O) groups is 1. The van der Waals surface area contributed by atoms with Gasteiger partial charge in [0.2, 0.25) is 0 Å². The highest BCUT2D eigenvalue weighted by atomic mass is 16.5. The molecule has 0 saturated carbocycles. The molecule has 0 N–H and O–H groups in total. The van der Waals surface area contributed by atoms with Gasteiger partial charge in [0, 0.05) is 0 Å². The van der Waals surface area contributed by atoms with E-state index in [9.17, 15) is 4.79 Å². The van der Waals surface area contributed by atoms with E-state index in [2.05, 4.69) is 12.1 Å². The summed E-state index contributed by atoms with van der Waals surface area (Å²) in [7, 11) is 0. The van der Waals surface area contributed by atoms with Gasteiger partial charge < -0.3 is 9.26 Å². The van der Waals surface area contributed by atoms with Crippen molar-refractivity contribution in [3.8, 4) is 0 Å². The van der Waals surface area contributed by atoms with E-state index in [0.717, 1.165) is 19.3 Å². The summed E-state index contributed by atoms with van der Waals surface area (Å²) < 4.78 is 9.63. The fourth-order valence-electron chi connectivity index (χ4n) is 1.16. The van der Waals surface area contributed by atoms with E-state index in [4.69, 9.17) is 9.26 Å². The fourth-order valence-corrected chi connectivity index (χ4v) is 1.16. The highest BCUT2D eigenvalue weighted by Gasteiger charge is 2.15. The Hall–Kier alpha value is -1.32. The van der Waals surface area contributed by atoms with Crippen LogP contribution in [0.5, 0.6) is 0 Å². The number of ether oxygens (including phenoxy) is 1. The average Bonchev–Trinajstić information content (AvgIpc) is 2.63. The molecule has 0 atom stereocenters. The second-order valence-corrected chi connectivity index (χ2v) is 3.00. The maximum Gasteiger partial charge on any atom is 0.343 e. The summed E-state index contributed by atoms with van der Waals surface area (Å²) in [4.78, 5) is 11.4. The Bertz CT molecular complexity index is 293. The lowest BCUT2D eigenvalue weighted by molar-refractivity contribution is 0.0524. The first kappa shape index (κ1) is 10.8. The van der Waals surface area contributed by atoms with Gasteiger partial charge in [-0.25, -0.2) is 4.79 Å². The van der Waals surface area contributed by atoms with Gasteiger partial charge in [-0.2, -0.15) is 0 Å². The molecule has 1 heterocycles. The van der Waals surface area contributed by atoms with Gasteiger partial charge in [-0.1, -0.05) is 18.5 Å². The largest absolute Gasteiger partial charge is 0.462 e. The maximum atomic E-state index is 11.4. The van der Waals surface area contributed by atoms with Gasteiger partial charge in [0.05, 0.1) is 12.3 Å². The summed E-state index contributed by atoms with van der Waals surface area (Å²) in [5, 5.41) is 3.78. The van der Waals surface area contributed by atoms with Crippen molar-refractivity contribution < 1.29 is 14.1 Å². The smallest absolute Gasteiger partial charge is 0.343 e. The van der Waals surface area contributed by atoms with Gasteiger partial charge in [0.1, 0.15) is 11.8 Å². The minimum absolute atomic E-state index is 0.347. The van der Waals surface area contributed by atoms with Crippen molar-refractivity contribution in [2.75, 3.05) is 6.61 Å². The molecule has 0 spiro atoms. The van der Waals surface area contributed by atoms with E-state index in [0.29, 0.717) is 17.9 Å². The zero-order valence-electron chi connectivity index (χ0n) is 8.58. The Morgan fingerprint density at radius 1 is 1.57 bits per heavy atom. The normalized spacial score (nSPS) is 10.1. The lowest BCUT2D eigenvalue weighted by atomic mass is 10.1. The van der Waals surface area contributed by atoms with E-state index in [1.807, 2.05) is 0 Å². The van der Waals surface area contributed by atoms with Gasteiger partial charge in [-0.15, -0.1) is 0 Å². The molecule has 1 aromatic heterocycles. The van der Waals surface area contributed by atoms with Gasteiger partial charge >= 0.3 is 5.97 Å². The SMILES string of the molecule is CCCCc1nocc1C(=O)OCC. The number of hydrogen-bond acceptors (Lipinski definition) is 4. The third-order valence-corrected chi connectivity index (χ3v) is 1.91. The zero-order chi connectivity index (χ0) is 10.4. The van der Waals surface area contributed by atoms with Crippen LogP contribution in [-0.4, -0.2) is 17.7 Å². The van der Waals surface area contributed by atoms with Crippen LogP contribution in [0, 0.1) is 0 Å². The van der Waals surface area contributed by atoms with Crippen molar-refractivity contribution in [1.29, 1.82) is 0 Å². The van der Waals surface area contributed by atoms with Crippen molar-refractivity contribution in [3.63, 3.8) is 0 Å². The van der Waals surface area contributed by atoms with Gasteiger partial charge in [-0.05, 0) is 19.8 Å². The first-order valence-corrected chi connectivity index (χ1v) is 4.90. The maximum absolute atomic E-state index is 11.4. The molecule has 1 aromatic rings. The first-order valence-electron chi connectivity index (χ1n) is 4.90. The number of esters is 1. The molecule has 4 nitrogen and oxygen atoms in total. The molecular weight excluding hydrogens is 182 g/mol. The van der Waals surface area contributed by atoms with Crippen LogP contribution in [0.3, 0.4) is 0 Å². The van der Waals surface area contributed by atoms with E-state index < -0.39 is 0 Å². The highest BCUT2D eigenvalue weighted by Crippen LogP contribution is 2.11. The second kappa shape index (κ2) is 5.42. The van der Waals surface area contributed by atoms with Crippen molar-refractivity contribution in [1.82, 2.24) is 5.16 Å². The first-order chi connectivity index (χ1) is 6.79. The third-order valence-electron chi connectivity index (χ3n) is 1.91. The number of unbranched alkanes of at least 4 members (excludes halogenated alkanes) is 1. The minimum Gasteiger partial charge on any atom is -0.462 e. The molecule has 0 amide bonds. The van der Waals surface area contributed by atoms with Crippen molar-refractivity contribution >= 4 is 5.97 Å². The van der Waals surface area contributed by atoms with Crippen molar-refractivity contribution in [2.45, 2.75) is 33.1 Å². The fraction of sp³-hybridized carbons (Fsp3) is 0.600. The summed E-state index contributed by atoms with van der Waals surface area (Å²) in [6, 6.07) is 0. The van der Waals surface area contributed by atoms with Crippen LogP contribution >= 0.6 is 0 Å².